The van der Waals surface area contributed by atoms with Crippen LogP contribution in [0.25, 0.3) is 0 Å². The Labute approximate surface area is 74.0 Å². The number of hydrogen-bond acceptors (Lipinski definition) is 2. The molecule has 0 radical (unpaired) electrons. The van der Waals surface area contributed by atoms with E-state index in [-0.39, 0.29) is 6.54 Å². The molecule has 2 amide bonds. The molecule has 0 fully saturated rings. The van der Waals surface area contributed by atoms with Crippen LogP contribution in [0.4, 0.5) is 4.79 Å². The van der Waals surface area contributed by atoms with E-state index >= 15 is 0 Å². The summed E-state index contributed by atoms with van der Waals surface area (Å²) in [6.45, 7) is 0.238. The number of amides is 2. The summed E-state index contributed by atoms with van der Waals surface area (Å²) in [6, 6.07) is 1.60. The maximum absolute atomic E-state index is 11.4. The molecule has 0 saturated carbocycles. The van der Waals surface area contributed by atoms with Crippen molar-refractivity contribution in [2.45, 2.75) is 6.42 Å². The fraction of sp³-hybridized carbons (Fsp3) is 0.250. The number of rotatable bonds is 0. The fourth-order valence-electron chi connectivity index (χ4n) is 1.46. The average Bonchev–Trinajstić information content (AvgIpc) is 2.52. The first-order chi connectivity index (χ1) is 6.20. The first-order valence-electron chi connectivity index (χ1n) is 3.91. The van der Waals surface area contributed by atoms with E-state index in [2.05, 4.69) is 4.98 Å². The molecule has 2 heterocycles. The number of imide groups is 1. The topological polar surface area (TPSA) is 73.4 Å². The molecule has 0 spiro atoms. The third-order valence-electron chi connectivity index (χ3n) is 2.12. The lowest BCUT2D eigenvalue weighted by molar-refractivity contribution is 0.0727. The smallest absolute Gasteiger partial charge is 0.414 e. The molecule has 1 aromatic rings. The van der Waals surface area contributed by atoms with E-state index < -0.39 is 12.0 Å². The van der Waals surface area contributed by atoms with Gasteiger partial charge in [0.25, 0.3) is 5.91 Å². The molecule has 0 aromatic carbocycles. The molecule has 0 bridgehead atoms. The Morgan fingerprint density at radius 3 is 3.08 bits per heavy atom. The van der Waals surface area contributed by atoms with Crippen molar-refractivity contribution in [2.24, 2.45) is 0 Å². The van der Waals surface area contributed by atoms with Crippen LogP contribution in [0, 0.1) is 0 Å². The Balaban J connectivity index is 2.38. The normalized spacial score (nSPS) is 15.7. The van der Waals surface area contributed by atoms with Crippen LogP contribution in [0.3, 0.4) is 0 Å². The number of carbonyl (C=O) groups excluding carboxylic acids is 1. The van der Waals surface area contributed by atoms with Gasteiger partial charge in [-0.05, 0) is 6.07 Å². The Morgan fingerprint density at radius 2 is 2.38 bits per heavy atom. The molecule has 0 atom stereocenters. The van der Waals surface area contributed by atoms with Crippen LogP contribution in [-0.2, 0) is 6.42 Å². The first kappa shape index (κ1) is 7.85. The molecule has 13 heavy (non-hydrogen) atoms. The van der Waals surface area contributed by atoms with Gasteiger partial charge in [0.2, 0.25) is 0 Å². The minimum Gasteiger partial charge on any atom is -0.465 e. The van der Waals surface area contributed by atoms with Crippen LogP contribution in [0.5, 0.6) is 0 Å². The average molecular weight is 180 g/mol. The Bertz CT molecular complexity index is 369. The van der Waals surface area contributed by atoms with Crippen LogP contribution in [0.15, 0.2) is 12.3 Å². The summed E-state index contributed by atoms with van der Waals surface area (Å²) in [6.07, 6.45) is 1.03. The number of fused-ring (bicyclic) bond motifs is 1. The largest absolute Gasteiger partial charge is 0.465 e. The van der Waals surface area contributed by atoms with Crippen LogP contribution in [0.1, 0.15) is 16.1 Å². The molecule has 5 heteroatoms. The zero-order chi connectivity index (χ0) is 9.42. The van der Waals surface area contributed by atoms with Crippen LogP contribution >= 0.6 is 0 Å². The van der Waals surface area contributed by atoms with E-state index in [0.717, 1.165) is 10.6 Å². The Hall–Kier alpha value is -1.78. The zero-order valence-corrected chi connectivity index (χ0v) is 6.78. The van der Waals surface area contributed by atoms with Crippen molar-refractivity contribution in [3.05, 3.63) is 23.5 Å². The van der Waals surface area contributed by atoms with Gasteiger partial charge in [-0.25, -0.2) is 9.69 Å². The minimum atomic E-state index is -1.18. The summed E-state index contributed by atoms with van der Waals surface area (Å²) in [7, 11) is 0. The second-order valence-electron chi connectivity index (χ2n) is 2.86. The predicted molar refractivity (Wildman–Crippen MR) is 43.6 cm³/mol. The standard InChI is InChI=1S/C8H8N2O3/c11-7-5-1-3-9-6(5)2-4-10(7)8(12)13/h1,3,9H,2,4H2,(H,12,13). The molecule has 1 aliphatic heterocycles. The molecular formula is C8H8N2O3. The molecular weight excluding hydrogens is 172 g/mol. The molecule has 2 N–H and O–H groups in total. The summed E-state index contributed by atoms with van der Waals surface area (Å²) >= 11 is 0. The molecule has 5 nitrogen and oxygen atoms in total. The quantitative estimate of drug-likeness (QED) is 0.616. The monoisotopic (exact) mass is 180 g/mol. The lowest BCUT2D eigenvalue weighted by Crippen LogP contribution is -2.40. The van der Waals surface area contributed by atoms with Crippen molar-refractivity contribution >= 4 is 12.0 Å². The van der Waals surface area contributed by atoms with Gasteiger partial charge >= 0.3 is 6.09 Å². The van der Waals surface area contributed by atoms with Gasteiger partial charge in [-0.15, -0.1) is 0 Å². The second kappa shape index (κ2) is 2.62. The SMILES string of the molecule is O=C(O)N1CCc2[nH]ccc2C1=O. The van der Waals surface area contributed by atoms with Crippen molar-refractivity contribution in [2.75, 3.05) is 6.54 Å². The number of nitrogens with one attached hydrogen (secondary N) is 1. The van der Waals surface area contributed by atoms with Crippen LogP contribution in [0.2, 0.25) is 0 Å². The molecule has 1 aromatic heterocycles. The first-order valence-corrected chi connectivity index (χ1v) is 3.91. The van der Waals surface area contributed by atoms with Gasteiger partial charge in [0.1, 0.15) is 0 Å². The highest BCUT2D eigenvalue weighted by Gasteiger charge is 2.29. The summed E-state index contributed by atoms with van der Waals surface area (Å²) in [5.41, 5.74) is 1.29. The highest BCUT2D eigenvalue weighted by molar-refractivity contribution is 6.04. The van der Waals surface area contributed by atoms with Crippen molar-refractivity contribution < 1.29 is 14.7 Å². The van der Waals surface area contributed by atoms with Crippen molar-refractivity contribution in [1.82, 2.24) is 9.88 Å². The zero-order valence-electron chi connectivity index (χ0n) is 6.78. The maximum Gasteiger partial charge on any atom is 0.414 e. The molecule has 2 rings (SSSR count). The number of carbonyl (C=O) groups is 2. The summed E-state index contributed by atoms with van der Waals surface area (Å²) < 4.78 is 0. The fourth-order valence-corrected chi connectivity index (χ4v) is 1.46. The van der Waals surface area contributed by atoms with E-state index in [1.165, 1.54) is 0 Å². The molecule has 68 valence electrons. The van der Waals surface area contributed by atoms with Gasteiger partial charge < -0.3 is 10.1 Å². The third kappa shape index (κ3) is 1.09. The molecule has 0 saturated heterocycles. The minimum absolute atomic E-state index is 0.238. The van der Waals surface area contributed by atoms with Crippen molar-refractivity contribution in [3.8, 4) is 0 Å². The highest BCUT2D eigenvalue weighted by atomic mass is 16.4. The summed E-state index contributed by atoms with van der Waals surface area (Å²) in [4.78, 5) is 25.8. The van der Waals surface area contributed by atoms with Crippen molar-refractivity contribution in [3.63, 3.8) is 0 Å². The number of nitrogens with zero attached hydrogens (tertiary/aromatic N) is 1. The highest BCUT2D eigenvalue weighted by Crippen LogP contribution is 2.16. The van der Waals surface area contributed by atoms with Crippen LogP contribution in [-0.4, -0.2) is 33.5 Å². The Kier molecular flexibility index (Phi) is 1.58. The molecule has 0 aliphatic carbocycles. The van der Waals surface area contributed by atoms with E-state index in [9.17, 15) is 9.59 Å². The van der Waals surface area contributed by atoms with Gasteiger partial charge in [0, 0.05) is 24.9 Å². The maximum atomic E-state index is 11.4. The number of aromatic amines is 1. The lowest BCUT2D eigenvalue weighted by atomic mass is 10.1. The molecule has 0 unspecified atom stereocenters. The number of hydrogen-bond donors (Lipinski definition) is 2. The van der Waals surface area contributed by atoms with E-state index in [1.54, 1.807) is 12.3 Å². The van der Waals surface area contributed by atoms with Gasteiger partial charge in [0.05, 0.1) is 5.56 Å². The lowest BCUT2D eigenvalue weighted by Gasteiger charge is -2.21. The summed E-state index contributed by atoms with van der Waals surface area (Å²) in [5, 5.41) is 8.67. The third-order valence-corrected chi connectivity index (χ3v) is 2.12. The Morgan fingerprint density at radius 1 is 1.62 bits per heavy atom. The van der Waals surface area contributed by atoms with E-state index in [1.807, 2.05) is 0 Å². The van der Waals surface area contributed by atoms with E-state index in [4.69, 9.17) is 5.11 Å². The van der Waals surface area contributed by atoms with Gasteiger partial charge in [-0.2, -0.15) is 0 Å². The van der Waals surface area contributed by atoms with Crippen LogP contribution < -0.4 is 0 Å². The molecule has 1 aliphatic rings. The van der Waals surface area contributed by atoms with Gasteiger partial charge in [-0.1, -0.05) is 0 Å². The van der Waals surface area contributed by atoms with Gasteiger partial charge in [0.15, 0.2) is 0 Å². The predicted octanol–water partition coefficient (Wildman–Crippen LogP) is 0.691. The second-order valence-corrected chi connectivity index (χ2v) is 2.86. The van der Waals surface area contributed by atoms with Gasteiger partial charge in [-0.3, -0.25) is 4.79 Å². The summed E-state index contributed by atoms with van der Waals surface area (Å²) in [5.74, 6) is -0.435. The number of carboxylic acid groups (broad SMARTS) is 1. The van der Waals surface area contributed by atoms with E-state index in [0.29, 0.717) is 12.0 Å². The number of aromatic nitrogens is 1. The van der Waals surface area contributed by atoms with Crippen molar-refractivity contribution in [1.29, 1.82) is 0 Å². The number of H-pyrrole nitrogens is 1.